The van der Waals surface area contributed by atoms with Crippen LogP contribution in [0.15, 0.2) is 18.2 Å². The molecule has 1 fully saturated rings. The average Bonchev–Trinajstić information content (AvgIpc) is 2.38. The summed E-state index contributed by atoms with van der Waals surface area (Å²) >= 11 is 0. The van der Waals surface area contributed by atoms with Gasteiger partial charge < -0.3 is 10.2 Å². The first kappa shape index (κ1) is 13.7. The lowest BCUT2D eigenvalue weighted by molar-refractivity contribution is -0.384. The second-order valence-electron chi connectivity index (χ2n) is 4.67. The van der Waals surface area contributed by atoms with E-state index >= 15 is 0 Å². The molecular weight excluding hydrogens is 248 g/mol. The highest BCUT2D eigenvalue weighted by Crippen LogP contribution is 2.25. The zero-order valence-electron chi connectivity index (χ0n) is 10.8. The lowest BCUT2D eigenvalue weighted by Crippen LogP contribution is -2.40. The van der Waals surface area contributed by atoms with Gasteiger partial charge >= 0.3 is 0 Å². The molecule has 0 radical (unpaired) electrons. The molecule has 1 unspecified atom stereocenters. The molecule has 0 aromatic heterocycles. The summed E-state index contributed by atoms with van der Waals surface area (Å²) in [5.41, 5.74) is 3.57. The molecule has 0 aliphatic carbocycles. The number of hydrazine groups is 1. The Bertz CT molecular complexity index is 466. The second-order valence-corrected chi connectivity index (χ2v) is 4.67. The van der Waals surface area contributed by atoms with E-state index in [4.69, 9.17) is 10.6 Å². The molecule has 1 heterocycles. The Kier molecular flexibility index (Phi) is 4.31. The van der Waals surface area contributed by atoms with Crippen molar-refractivity contribution in [2.75, 3.05) is 25.1 Å². The summed E-state index contributed by atoms with van der Waals surface area (Å²) in [6.45, 7) is 5.08. The van der Waals surface area contributed by atoms with Crippen LogP contribution < -0.4 is 11.3 Å². The maximum Gasteiger partial charge on any atom is 0.293 e. The summed E-state index contributed by atoms with van der Waals surface area (Å²) in [6, 6.07) is 5.05. The van der Waals surface area contributed by atoms with Crippen molar-refractivity contribution in [2.24, 2.45) is 5.84 Å². The summed E-state index contributed by atoms with van der Waals surface area (Å²) < 4.78 is 5.47. The first-order valence-corrected chi connectivity index (χ1v) is 6.18. The number of anilines is 1. The summed E-state index contributed by atoms with van der Waals surface area (Å²) in [7, 11) is 0. The number of benzene rings is 1. The van der Waals surface area contributed by atoms with Gasteiger partial charge in [-0.1, -0.05) is 6.07 Å². The molecule has 7 heteroatoms. The number of nitro benzene ring substituents is 1. The van der Waals surface area contributed by atoms with Crippen LogP contribution in [0.1, 0.15) is 12.5 Å². The Morgan fingerprint density at radius 1 is 1.63 bits per heavy atom. The molecule has 0 bridgehead atoms. The highest BCUT2D eigenvalue weighted by Gasteiger charge is 2.19. The molecule has 1 saturated heterocycles. The average molecular weight is 266 g/mol. The minimum atomic E-state index is -0.430. The topological polar surface area (TPSA) is 93.7 Å². The van der Waals surface area contributed by atoms with Gasteiger partial charge in [-0.25, -0.2) is 0 Å². The molecule has 1 aromatic rings. The van der Waals surface area contributed by atoms with E-state index in [-0.39, 0.29) is 11.8 Å². The van der Waals surface area contributed by atoms with Gasteiger partial charge in [0.25, 0.3) is 5.69 Å². The lowest BCUT2D eigenvalue weighted by atomic mass is 10.1. The van der Waals surface area contributed by atoms with Crippen LogP contribution in [0.3, 0.4) is 0 Å². The van der Waals surface area contributed by atoms with E-state index in [0.717, 1.165) is 18.7 Å². The Morgan fingerprint density at radius 3 is 3.05 bits per heavy atom. The van der Waals surface area contributed by atoms with Gasteiger partial charge in [-0.3, -0.25) is 20.9 Å². The number of nitrogens with one attached hydrogen (secondary N) is 1. The number of morpholine rings is 1. The van der Waals surface area contributed by atoms with Crippen LogP contribution in [0, 0.1) is 10.1 Å². The lowest BCUT2D eigenvalue weighted by Gasteiger charge is -2.31. The van der Waals surface area contributed by atoms with E-state index in [1.807, 2.05) is 13.0 Å². The number of nitro groups is 1. The van der Waals surface area contributed by atoms with Gasteiger partial charge in [-0.2, -0.15) is 0 Å². The molecule has 0 spiro atoms. The molecule has 1 aromatic carbocycles. The molecule has 2 rings (SSSR count). The highest BCUT2D eigenvalue weighted by molar-refractivity contribution is 5.61. The standard InChI is InChI=1S/C12H18N4O3/c1-9-7-15(4-5-19-9)8-10-2-3-11(14-13)12(6-10)16(17)18/h2-3,6,9,14H,4-5,7-8,13H2,1H3. The van der Waals surface area contributed by atoms with Crippen LogP contribution >= 0.6 is 0 Å². The van der Waals surface area contributed by atoms with E-state index in [1.165, 1.54) is 0 Å². The first-order chi connectivity index (χ1) is 9.10. The van der Waals surface area contributed by atoms with E-state index in [0.29, 0.717) is 18.8 Å². The van der Waals surface area contributed by atoms with Crippen molar-refractivity contribution >= 4 is 11.4 Å². The Morgan fingerprint density at radius 2 is 2.42 bits per heavy atom. The number of hydrogen-bond acceptors (Lipinski definition) is 6. The van der Waals surface area contributed by atoms with Crippen molar-refractivity contribution in [3.8, 4) is 0 Å². The maximum absolute atomic E-state index is 11.0. The Hall–Kier alpha value is -1.70. The molecule has 0 saturated carbocycles. The molecular formula is C12H18N4O3. The Balaban J connectivity index is 2.12. The zero-order valence-corrected chi connectivity index (χ0v) is 10.8. The van der Waals surface area contributed by atoms with Gasteiger partial charge in [-0.05, 0) is 18.6 Å². The summed E-state index contributed by atoms with van der Waals surface area (Å²) in [5.74, 6) is 5.26. The quantitative estimate of drug-likeness (QED) is 0.481. The number of nitrogens with two attached hydrogens (primary N) is 1. The monoisotopic (exact) mass is 266 g/mol. The van der Waals surface area contributed by atoms with Crippen molar-refractivity contribution in [1.29, 1.82) is 0 Å². The summed E-state index contributed by atoms with van der Waals surface area (Å²) in [5, 5.41) is 11.0. The minimum Gasteiger partial charge on any atom is -0.376 e. The van der Waals surface area contributed by atoms with Crippen LogP contribution in [-0.4, -0.2) is 35.6 Å². The van der Waals surface area contributed by atoms with Gasteiger partial charge in [0.2, 0.25) is 0 Å². The predicted octanol–water partition coefficient (Wildman–Crippen LogP) is 1.10. The van der Waals surface area contributed by atoms with Crippen LogP contribution in [0.4, 0.5) is 11.4 Å². The summed E-state index contributed by atoms with van der Waals surface area (Å²) in [4.78, 5) is 12.7. The zero-order chi connectivity index (χ0) is 13.8. The van der Waals surface area contributed by atoms with Gasteiger partial charge in [0.15, 0.2) is 0 Å². The molecule has 3 N–H and O–H groups in total. The largest absolute Gasteiger partial charge is 0.376 e. The fraction of sp³-hybridized carbons (Fsp3) is 0.500. The molecule has 7 nitrogen and oxygen atoms in total. The number of nitrogen functional groups attached to an aromatic ring is 1. The van der Waals surface area contributed by atoms with Gasteiger partial charge in [-0.15, -0.1) is 0 Å². The van der Waals surface area contributed by atoms with Crippen LogP contribution in [0.5, 0.6) is 0 Å². The van der Waals surface area contributed by atoms with Crippen LogP contribution in [0.2, 0.25) is 0 Å². The third-order valence-electron chi connectivity index (χ3n) is 3.15. The van der Waals surface area contributed by atoms with Crippen LogP contribution in [0.25, 0.3) is 0 Å². The normalized spacial score (nSPS) is 20.2. The number of rotatable bonds is 4. The van der Waals surface area contributed by atoms with Gasteiger partial charge in [0.05, 0.1) is 17.6 Å². The minimum absolute atomic E-state index is 0.00121. The van der Waals surface area contributed by atoms with Crippen molar-refractivity contribution in [3.63, 3.8) is 0 Å². The maximum atomic E-state index is 11.0. The second kappa shape index (κ2) is 5.96. The molecule has 1 atom stereocenters. The predicted molar refractivity (Wildman–Crippen MR) is 71.6 cm³/mol. The first-order valence-electron chi connectivity index (χ1n) is 6.18. The molecule has 104 valence electrons. The van der Waals surface area contributed by atoms with E-state index in [9.17, 15) is 10.1 Å². The van der Waals surface area contributed by atoms with Crippen molar-refractivity contribution in [2.45, 2.75) is 19.6 Å². The fourth-order valence-corrected chi connectivity index (χ4v) is 2.24. The summed E-state index contributed by atoms with van der Waals surface area (Å²) in [6.07, 6.45) is 0.203. The number of ether oxygens (including phenoxy) is 1. The third-order valence-corrected chi connectivity index (χ3v) is 3.15. The fourth-order valence-electron chi connectivity index (χ4n) is 2.24. The SMILES string of the molecule is CC1CN(Cc2ccc(NN)c([N+](=O)[O-])c2)CCO1. The van der Waals surface area contributed by atoms with E-state index in [1.54, 1.807) is 12.1 Å². The van der Waals surface area contributed by atoms with Crippen LogP contribution in [-0.2, 0) is 11.3 Å². The van der Waals surface area contributed by atoms with E-state index < -0.39 is 4.92 Å². The van der Waals surface area contributed by atoms with Crippen molar-refractivity contribution in [1.82, 2.24) is 4.90 Å². The molecule has 1 aliphatic rings. The Labute approximate surface area is 111 Å². The third kappa shape index (κ3) is 3.40. The van der Waals surface area contributed by atoms with E-state index in [2.05, 4.69) is 10.3 Å². The van der Waals surface area contributed by atoms with Crippen molar-refractivity contribution in [3.05, 3.63) is 33.9 Å². The number of hydrogen-bond donors (Lipinski definition) is 2. The van der Waals surface area contributed by atoms with Crippen molar-refractivity contribution < 1.29 is 9.66 Å². The molecule has 19 heavy (non-hydrogen) atoms. The molecule has 0 amide bonds. The van der Waals surface area contributed by atoms with Gasteiger partial charge in [0, 0.05) is 25.7 Å². The molecule has 1 aliphatic heterocycles. The highest BCUT2D eigenvalue weighted by atomic mass is 16.6. The number of nitrogens with zero attached hydrogens (tertiary/aromatic N) is 2. The van der Waals surface area contributed by atoms with Gasteiger partial charge in [0.1, 0.15) is 5.69 Å². The smallest absolute Gasteiger partial charge is 0.293 e.